The minimum absolute atomic E-state index is 0.188. The Balaban J connectivity index is 1.58. The summed E-state index contributed by atoms with van der Waals surface area (Å²) in [5.74, 6) is 2.16. The molecular weight excluding hydrogens is 224 g/mol. The normalized spacial score (nSPS) is 41.9. The first-order valence-electron chi connectivity index (χ1n) is 7.61. The lowest BCUT2D eigenvalue weighted by Crippen LogP contribution is -2.54. The zero-order chi connectivity index (χ0) is 12.8. The Morgan fingerprint density at radius 2 is 1.83 bits per heavy atom. The number of piperidine rings is 1. The van der Waals surface area contributed by atoms with Gasteiger partial charge in [0.15, 0.2) is 0 Å². The van der Waals surface area contributed by atoms with Gasteiger partial charge in [-0.15, -0.1) is 0 Å². The summed E-state index contributed by atoms with van der Waals surface area (Å²) >= 11 is 0. The predicted octanol–water partition coefficient (Wildman–Crippen LogP) is 1.93. The van der Waals surface area contributed by atoms with Crippen LogP contribution >= 0.6 is 0 Å². The molecular formula is C15H26N2O. The molecule has 3 rings (SSSR count). The monoisotopic (exact) mass is 250 g/mol. The molecule has 0 aromatic carbocycles. The maximum Gasteiger partial charge on any atom is 0.223 e. The van der Waals surface area contributed by atoms with Crippen LogP contribution in [0.1, 0.15) is 46.0 Å². The van der Waals surface area contributed by atoms with Gasteiger partial charge in [-0.2, -0.15) is 0 Å². The molecule has 0 spiro atoms. The molecule has 1 saturated heterocycles. The number of hydrogen-bond donors (Lipinski definition) is 2. The van der Waals surface area contributed by atoms with E-state index in [9.17, 15) is 4.79 Å². The third-order valence-electron chi connectivity index (χ3n) is 5.41. The van der Waals surface area contributed by atoms with Gasteiger partial charge in [0.05, 0.1) is 0 Å². The largest absolute Gasteiger partial charge is 0.352 e. The third-order valence-corrected chi connectivity index (χ3v) is 5.41. The molecule has 1 heterocycles. The number of carbonyl (C=O) groups excluding carboxylic acids is 1. The van der Waals surface area contributed by atoms with Crippen LogP contribution in [0.25, 0.3) is 0 Å². The van der Waals surface area contributed by atoms with Crippen molar-refractivity contribution < 1.29 is 4.79 Å². The molecule has 1 amide bonds. The fourth-order valence-corrected chi connectivity index (χ4v) is 4.09. The van der Waals surface area contributed by atoms with Crippen LogP contribution in [0, 0.1) is 23.2 Å². The van der Waals surface area contributed by atoms with Crippen molar-refractivity contribution >= 4 is 5.91 Å². The summed E-state index contributed by atoms with van der Waals surface area (Å²) in [7, 11) is 0. The maximum atomic E-state index is 12.4. The van der Waals surface area contributed by atoms with E-state index in [1.54, 1.807) is 0 Å². The lowest BCUT2D eigenvalue weighted by molar-refractivity contribution is -0.124. The van der Waals surface area contributed by atoms with Crippen LogP contribution in [-0.4, -0.2) is 25.0 Å². The predicted molar refractivity (Wildman–Crippen MR) is 72.1 cm³/mol. The van der Waals surface area contributed by atoms with Crippen molar-refractivity contribution in [2.24, 2.45) is 23.2 Å². The van der Waals surface area contributed by atoms with Crippen molar-refractivity contribution in [1.29, 1.82) is 0 Å². The van der Waals surface area contributed by atoms with Crippen LogP contribution < -0.4 is 10.6 Å². The van der Waals surface area contributed by atoms with E-state index in [0.29, 0.717) is 17.9 Å². The molecule has 2 N–H and O–H groups in total. The molecule has 0 radical (unpaired) electrons. The molecule has 18 heavy (non-hydrogen) atoms. The van der Waals surface area contributed by atoms with Crippen LogP contribution in [-0.2, 0) is 4.79 Å². The quantitative estimate of drug-likeness (QED) is 0.786. The van der Waals surface area contributed by atoms with Gasteiger partial charge in [0, 0.05) is 18.5 Å². The zero-order valence-electron chi connectivity index (χ0n) is 11.7. The topological polar surface area (TPSA) is 41.1 Å². The highest BCUT2D eigenvalue weighted by Crippen LogP contribution is 2.55. The molecule has 3 aliphatic rings. The van der Waals surface area contributed by atoms with Crippen molar-refractivity contribution in [3.05, 3.63) is 0 Å². The molecule has 3 atom stereocenters. The van der Waals surface area contributed by atoms with Crippen molar-refractivity contribution in [2.45, 2.75) is 52.0 Å². The summed E-state index contributed by atoms with van der Waals surface area (Å²) in [6.07, 6.45) is 6.32. The third kappa shape index (κ3) is 2.18. The van der Waals surface area contributed by atoms with Gasteiger partial charge in [0.25, 0.3) is 0 Å². The first-order valence-corrected chi connectivity index (χ1v) is 7.61. The van der Waals surface area contributed by atoms with Crippen molar-refractivity contribution in [1.82, 2.24) is 10.6 Å². The van der Waals surface area contributed by atoms with Crippen molar-refractivity contribution in [2.75, 3.05) is 13.1 Å². The van der Waals surface area contributed by atoms with Gasteiger partial charge in [0.1, 0.15) is 0 Å². The fourth-order valence-electron chi connectivity index (χ4n) is 4.09. The average Bonchev–Trinajstić information content (AvgIpc) is 3.06. The first kappa shape index (κ1) is 12.5. The Labute approximate surface area is 110 Å². The minimum atomic E-state index is 0.188. The summed E-state index contributed by atoms with van der Waals surface area (Å²) in [5, 5.41) is 6.77. The van der Waals surface area contributed by atoms with E-state index in [0.717, 1.165) is 31.3 Å². The van der Waals surface area contributed by atoms with Gasteiger partial charge in [-0.1, -0.05) is 26.7 Å². The van der Waals surface area contributed by atoms with Crippen molar-refractivity contribution in [3.8, 4) is 0 Å². The van der Waals surface area contributed by atoms with E-state index in [1.807, 2.05) is 0 Å². The molecule has 3 nitrogen and oxygen atoms in total. The second-order valence-corrected chi connectivity index (χ2v) is 7.15. The first-order chi connectivity index (χ1) is 8.59. The average molecular weight is 250 g/mol. The summed E-state index contributed by atoms with van der Waals surface area (Å²) in [4.78, 5) is 12.4. The zero-order valence-corrected chi connectivity index (χ0v) is 11.7. The molecule has 1 aliphatic heterocycles. The summed E-state index contributed by atoms with van der Waals surface area (Å²) in [6.45, 7) is 6.55. The van der Waals surface area contributed by atoms with E-state index in [2.05, 4.69) is 24.5 Å². The van der Waals surface area contributed by atoms with Gasteiger partial charge < -0.3 is 10.6 Å². The Morgan fingerprint density at radius 3 is 2.44 bits per heavy atom. The second kappa shape index (κ2) is 4.52. The Hall–Kier alpha value is -0.570. The number of amides is 1. The molecule has 2 aliphatic carbocycles. The van der Waals surface area contributed by atoms with Crippen LogP contribution in [0.5, 0.6) is 0 Å². The second-order valence-electron chi connectivity index (χ2n) is 7.15. The molecule has 3 fully saturated rings. The minimum Gasteiger partial charge on any atom is -0.352 e. The highest BCUT2D eigenvalue weighted by atomic mass is 16.2. The Kier molecular flexibility index (Phi) is 3.13. The number of nitrogens with one attached hydrogen (secondary N) is 2. The van der Waals surface area contributed by atoms with E-state index in [1.165, 1.54) is 25.7 Å². The SMILES string of the molecule is CC1(C)CNCCC1NC(=O)C1C2CCCCC21. The van der Waals surface area contributed by atoms with E-state index >= 15 is 0 Å². The van der Waals surface area contributed by atoms with Crippen molar-refractivity contribution in [3.63, 3.8) is 0 Å². The Bertz CT molecular complexity index is 327. The smallest absolute Gasteiger partial charge is 0.223 e. The van der Waals surface area contributed by atoms with Gasteiger partial charge in [-0.05, 0) is 43.1 Å². The van der Waals surface area contributed by atoms with E-state index in [4.69, 9.17) is 0 Å². The molecule has 0 bridgehead atoms. The lowest BCUT2D eigenvalue weighted by Gasteiger charge is -2.39. The van der Waals surface area contributed by atoms with Crippen LogP contribution in [0.4, 0.5) is 0 Å². The highest BCUT2D eigenvalue weighted by molar-refractivity contribution is 5.82. The van der Waals surface area contributed by atoms with Gasteiger partial charge in [-0.3, -0.25) is 4.79 Å². The van der Waals surface area contributed by atoms with E-state index in [-0.39, 0.29) is 5.41 Å². The number of hydrogen-bond acceptors (Lipinski definition) is 2. The number of rotatable bonds is 2. The molecule has 0 aromatic heterocycles. The summed E-state index contributed by atoms with van der Waals surface area (Å²) in [5.41, 5.74) is 0.188. The molecule has 2 saturated carbocycles. The number of fused-ring (bicyclic) bond motifs is 1. The lowest BCUT2D eigenvalue weighted by atomic mass is 9.80. The van der Waals surface area contributed by atoms with Gasteiger partial charge in [0.2, 0.25) is 5.91 Å². The highest BCUT2D eigenvalue weighted by Gasteiger charge is 2.55. The fraction of sp³-hybridized carbons (Fsp3) is 0.933. The van der Waals surface area contributed by atoms with Gasteiger partial charge in [-0.25, -0.2) is 0 Å². The van der Waals surface area contributed by atoms with Crippen LogP contribution in [0.2, 0.25) is 0 Å². The van der Waals surface area contributed by atoms with Crippen LogP contribution in [0.3, 0.4) is 0 Å². The summed E-state index contributed by atoms with van der Waals surface area (Å²) < 4.78 is 0. The molecule has 0 aromatic rings. The van der Waals surface area contributed by atoms with E-state index < -0.39 is 0 Å². The standard InChI is InChI=1S/C15H26N2O/c1-15(2)9-16-8-7-12(15)17-14(18)13-10-5-3-4-6-11(10)13/h10-13,16H,3-9H2,1-2H3,(H,17,18). The Morgan fingerprint density at radius 1 is 1.17 bits per heavy atom. The maximum absolute atomic E-state index is 12.4. The van der Waals surface area contributed by atoms with Crippen LogP contribution in [0.15, 0.2) is 0 Å². The number of carbonyl (C=O) groups is 1. The van der Waals surface area contributed by atoms with Gasteiger partial charge >= 0.3 is 0 Å². The summed E-state index contributed by atoms with van der Waals surface area (Å²) in [6, 6.07) is 0.355. The molecule has 3 heteroatoms. The molecule has 102 valence electrons. The molecule has 3 unspecified atom stereocenters.